The van der Waals surface area contributed by atoms with E-state index in [1.165, 1.54) is 71.1 Å². The van der Waals surface area contributed by atoms with Crippen LogP contribution < -0.4 is 4.74 Å². The fraction of sp³-hybridized carbons (Fsp3) is 0.760. The molecule has 4 nitrogen and oxygen atoms in total. The van der Waals surface area contributed by atoms with Gasteiger partial charge in [-0.3, -0.25) is 4.55 Å². The molecule has 0 aliphatic carbocycles. The van der Waals surface area contributed by atoms with Crippen molar-refractivity contribution >= 4 is 10.1 Å². The number of para-hydroxylation sites is 1. The molecule has 0 spiro atoms. The topological polar surface area (TPSA) is 63.6 Å². The summed E-state index contributed by atoms with van der Waals surface area (Å²) in [6.07, 6.45) is 16.8. The average Bonchev–Trinajstić information content (AvgIpc) is 2.71. The van der Waals surface area contributed by atoms with E-state index in [2.05, 4.69) is 32.0 Å². The fourth-order valence-electron chi connectivity index (χ4n) is 3.70. The van der Waals surface area contributed by atoms with Gasteiger partial charge in [-0.2, -0.15) is 8.42 Å². The Labute approximate surface area is 185 Å². The van der Waals surface area contributed by atoms with E-state index in [9.17, 15) is 13.0 Å². The van der Waals surface area contributed by atoms with Crippen molar-refractivity contribution in [2.75, 3.05) is 6.61 Å². The van der Waals surface area contributed by atoms with Gasteiger partial charge in [0.25, 0.3) is 10.1 Å². The molecule has 1 rings (SSSR count). The largest absolute Gasteiger partial charge is 0.492 e. The van der Waals surface area contributed by atoms with Crippen molar-refractivity contribution in [2.24, 2.45) is 0 Å². The van der Waals surface area contributed by atoms with E-state index < -0.39 is 15.4 Å². The van der Waals surface area contributed by atoms with Gasteiger partial charge in [-0.1, -0.05) is 96.3 Å². The molecule has 5 heteroatoms. The summed E-state index contributed by atoms with van der Waals surface area (Å²) in [5.74, 6) is 0.843. The molecule has 0 aromatic heterocycles. The molecule has 0 radical (unpaired) electrons. The highest BCUT2D eigenvalue weighted by Crippen LogP contribution is 2.28. The molecule has 30 heavy (non-hydrogen) atoms. The molecule has 1 atom stereocenters. The number of rotatable bonds is 18. The van der Waals surface area contributed by atoms with Gasteiger partial charge < -0.3 is 4.74 Å². The monoisotopic (exact) mass is 440 g/mol. The van der Waals surface area contributed by atoms with Gasteiger partial charge in [-0.05, 0) is 43.7 Å². The fourth-order valence-corrected chi connectivity index (χ4v) is 3.94. The van der Waals surface area contributed by atoms with Gasteiger partial charge in [0.05, 0.1) is 0 Å². The van der Waals surface area contributed by atoms with E-state index in [4.69, 9.17) is 4.74 Å². The first-order valence-electron chi connectivity index (χ1n) is 12.1. The minimum absolute atomic E-state index is 0.0180. The molecule has 0 fully saturated rings. The van der Waals surface area contributed by atoms with Gasteiger partial charge in [0.2, 0.25) is 0 Å². The van der Waals surface area contributed by atoms with Crippen molar-refractivity contribution in [1.82, 2.24) is 0 Å². The van der Waals surface area contributed by atoms with Crippen LogP contribution >= 0.6 is 0 Å². The Morgan fingerprint density at radius 2 is 1.23 bits per heavy atom. The van der Waals surface area contributed by atoms with Gasteiger partial charge in [-0.15, -0.1) is 0 Å². The molecule has 0 bridgehead atoms. The second kappa shape index (κ2) is 15.7. The number of aryl methyl sites for hydroxylation is 2. The molecule has 0 saturated heterocycles. The summed E-state index contributed by atoms with van der Waals surface area (Å²) in [5.41, 5.74) is 2.33. The Kier molecular flexibility index (Phi) is 14.1. The number of hydrogen-bond acceptors (Lipinski definition) is 3. The van der Waals surface area contributed by atoms with E-state index in [-0.39, 0.29) is 6.61 Å². The van der Waals surface area contributed by atoms with Crippen LogP contribution in [0.2, 0.25) is 0 Å². The van der Waals surface area contributed by atoms with Crippen LogP contribution in [-0.4, -0.2) is 24.8 Å². The zero-order valence-electron chi connectivity index (χ0n) is 19.5. The molecule has 1 aromatic rings. The number of ether oxygens (including phenoxy) is 1. The lowest BCUT2D eigenvalue weighted by atomic mass is 9.98. The third-order valence-electron chi connectivity index (χ3n) is 5.75. The van der Waals surface area contributed by atoms with Crippen LogP contribution in [0.5, 0.6) is 5.75 Å². The first-order chi connectivity index (χ1) is 14.4. The molecule has 1 aromatic carbocycles. The third-order valence-corrected chi connectivity index (χ3v) is 6.90. The Bertz CT molecular complexity index is 635. The highest BCUT2D eigenvalue weighted by atomic mass is 32.2. The van der Waals surface area contributed by atoms with Crippen LogP contribution in [0.15, 0.2) is 18.2 Å². The van der Waals surface area contributed by atoms with E-state index in [0.29, 0.717) is 0 Å². The lowest BCUT2D eigenvalue weighted by Gasteiger charge is -2.18. The highest BCUT2D eigenvalue weighted by molar-refractivity contribution is 7.86. The van der Waals surface area contributed by atoms with E-state index in [1.807, 2.05) is 0 Å². The van der Waals surface area contributed by atoms with Crippen LogP contribution in [0.3, 0.4) is 0 Å². The molecular weight excluding hydrogens is 396 g/mol. The molecular formula is C25H44O4S. The van der Waals surface area contributed by atoms with Crippen LogP contribution in [0.25, 0.3) is 0 Å². The summed E-state index contributed by atoms with van der Waals surface area (Å²) in [6.45, 7) is 5.92. The van der Waals surface area contributed by atoms with Crippen molar-refractivity contribution in [3.8, 4) is 5.75 Å². The smallest absolute Gasteiger partial charge is 0.270 e. The van der Waals surface area contributed by atoms with E-state index in [0.717, 1.165) is 42.6 Å². The van der Waals surface area contributed by atoms with Gasteiger partial charge in [0, 0.05) is 0 Å². The quantitative estimate of drug-likeness (QED) is 0.194. The normalized spacial score (nSPS) is 12.8. The Hall–Kier alpha value is -1.07. The van der Waals surface area contributed by atoms with Crippen molar-refractivity contribution in [3.05, 3.63) is 29.3 Å². The highest BCUT2D eigenvalue weighted by Gasteiger charge is 2.19. The zero-order chi connectivity index (χ0) is 22.2. The molecule has 0 heterocycles. The number of hydrogen-bond donors (Lipinski definition) is 1. The zero-order valence-corrected chi connectivity index (χ0v) is 20.3. The second-order valence-electron chi connectivity index (χ2n) is 8.58. The first kappa shape index (κ1) is 27.0. The van der Waals surface area contributed by atoms with Crippen molar-refractivity contribution in [1.29, 1.82) is 0 Å². The minimum Gasteiger partial charge on any atom is -0.492 e. The summed E-state index contributed by atoms with van der Waals surface area (Å²) in [5, 5.41) is -0.929. The summed E-state index contributed by atoms with van der Waals surface area (Å²) >= 11 is 0. The van der Waals surface area contributed by atoms with Crippen LogP contribution in [0.4, 0.5) is 0 Å². The predicted molar refractivity (Wildman–Crippen MR) is 127 cm³/mol. The van der Waals surface area contributed by atoms with Gasteiger partial charge in [-0.25, -0.2) is 0 Å². The number of unbranched alkanes of at least 4 members (excludes halogenated alkanes) is 10. The molecule has 1 N–H and O–H groups in total. The van der Waals surface area contributed by atoms with Gasteiger partial charge in [0.1, 0.15) is 17.6 Å². The van der Waals surface area contributed by atoms with Crippen LogP contribution in [0.1, 0.15) is 109 Å². The minimum atomic E-state index is -4.08. The van der Waals surface area contributed by atoms with Gasteiger partial charge >= 0.3 is 0 Å². The maximum Gasteiger partial charge on any atom is 0.270 e. The third kappa shape index (κ3) is 11.4. The van der Waals surface area contributed by atoms with Gasteiger partial charge in [0.15, 0.2) is 0 Å². The summed E-state index contributed by atoms with van der Waals surface area (Å²) in [4.78, 5) is 0. The summed E-state index contributed by atoms with van der Waals surface area (Å²) in [7, 11) is -4.08. The maximum atomic E-state index is 11.4. The summed E-state index contributed by atoms with van der Waals surface area (Å²) < 4.78 is 38.1. The van der Waals surface area contributed by atoms with E-state index in [1.54, 1.807) is 0 Å². The van der Waals surface area contributed by atoms with E-state index >= 15 is 0 Å². The lowest BCUT2D eigenvalue weighted by Crippen LogP contribution is -2.24. The van der Waals surface area contributed by atoms with Crippen LogP contribution in [0, 0.1) is 0 Å². The molecule has 0 amide bonds. The first-order valence-corrected chi connectivity index (χ1v) is 13.6. The molecule has 0 aliphatic rings. The second-order valence-corrected chi connectivity index (χ2v) is 10.4. The molecule has 0 saturated carbocycles. The Morgan fingerprint density at radius 1 is 0.800 bits per heavy atom. The Morgan fingerprint density at radius 3 is 1.67 bits per heavy atom. The number of benzene rings is 1. The summed E-state index contributed by atoms with van der Waals surface area (Å²) in [6, 6.07) is 6.30. The van der Waals surface area contributed by atoms with Crippen LogP contribution in [-0.2, 0) is 23.0 Å². The SMILES string of the molecule is CCCCCCCCc1cccc(CCCCCCCC)c1OCC(C)S(=O)(=O)O. The average molecular weight is 441 g/mol. The molecule has 174 valence electrons. The standard InChI is InChI=1S/C25H44O4S/c1-4-6-8-10-12-14-17-23-19-16-20-24(18-15-13-11-9-7-5-2)25(23)29-21-22(3)30(26,27)28/h16,19-20,22H,4-15,17-18,21H2,1-3H3,(H,26,27,28). The maximum absolute atomic E-state index is 11.4. The van der Waals surface area contributed by atoms with Crippen molar-refractivity contribution in [3.63, 3.8) is 0 Å². The van der Waals surface area contributed by atoms with Crippen molar-refractivity contribution in [2.45, 2.75) is 116 Å². The predicted octanol–water partition coefficient (Wildman–Crippen LogP) is 7.15. The lowest BCUT2D eigenvalue weighted by molar-refractivity contribution is 0.304. The van der Waals surface area contributed by atoms with Crippen molar-refractivity contribution < 1.29 is 17.7 Å². The molecule has 1 unspecified atom stereocenters. The Balaban J connectivity index is 2.73. The molecule has 0 aliphatic heterocycles.